The molecule has 1 saturated heterocycles. The molecule has 0 N–H and O–H groups in total. The maximum absolute atomic E-state index is 13.7. The highest BCUT2D eigenvalue weighted by molar-refractivity contribution is 9.10. The number of halogens is 1. The van der Waals surface area contributed by atoms with Gasteiger partial charge in [0.25, 0.3) is 0 Å². The zero-order chi connectivity index (χ0) is 33.8. The van der Waals surface area contributed by atoms with Gasteiger partial charge in [-0.1, -0.05) is 102 Å². The van der Waals surface area contributed by atoms with E-state index in [0.717, 1.165) is 27.6 Å². The number of hydrogen-bond donors (Lipinski definition) is 0. The first-order valence-corrected chi connectivity index (χ1v) is 17.3. The van der Waals surface area contributed by atoms with Crippen LogP contribution in [-0.2, 0) is 20.7 Å². The first-order chi connectivity index (χ1) is 23.8. The molecule has 2 fully saturated rings. The van der Waals surface area contributed by atoms with Gasteiger partial charge in [-0.05, 0) is 71.7 Å². The monoisotopic (exact) mass is 710 g/mol. The lowest BCUT2D eigenvalue weighted by Crippen LogP contribution is -2.32. The topological polar surface area (TPSA) is 93.6 Å². The van der Waals surface area contributed by atoms with Crippen molar-refractivity contribution >= 4 is 56.1 Å². The number of anilines is 1. The summed E-state index contributed by atoms with van der Waals surface area (Å²) >= 11 is 3.57. The number of pyridine rings is 1. The van der Waals surface area contributed by atoms with Crippen LogP contribution in [0.4, 0.5) is 5.69 Å². The van der Waals surface area contributed by atoms with Gasteiger partial charge in [0.1, 0.15) is 0 Å². The fraction of sp³-hybridized carbons (Fsp3) is 0.195. The standard InChI is InChI=1S/C41H31BrN2O5/c1-2-23-19-30(42)20-32-33(41(48)49-22-35(45)27-10-8-25(9-11-27)24-6-4-3-5-7-24)21-34(43-38(23)32)26-14-16-31(17-15-26)44-39(46)36-28-12-13-29(18-28)37(36)40(44)47/h3-17,19-21,28-29,36-37H,2,18,22H2,1H3. The Balaban J connectivity index is 1.06. The first kappa shape index (κ1) is 31.1. The highest BCUT2D eigenvalue weighted by atomic mass is 79.9. The van der Waals surface area contributed by atoms with Crippen molar-refractivity contribution in [2.45, 2.75) is 19.8 Å². The van der Waals surface area contributed by atoms with Gasteiger partial charge in [-0.25, -0.2) is 9.78 Å². The number of nitrogens with zero attached hydrogens (tertiary/aromatic N) is 2. The summed E-state index contributed by atoms with van der Waals surface area (Å²) in [6.07, 6.45) is 5.72. The second kappa shape index (κ2) is 12.3. The van der Waals surface area contributed by atoms with Crippen molar-refractivity contribution in [3.05, 3.63) is 130 Å². The van der Waals surface area contributed by atoms with Crippen LogP contribution in [0.1, 0.15) is 39.6 Å². The number of benzene rings is 4. The normalized spacial score (nSPS) is 20.7. The Morgan fingerprint density at radius 3 is 2.10 bits per heavy atom. The van der Waals surface area contributed by atoms with E-state index in [2.05, 4.69) is 28.1 Å². The Bertz CT molecular complexity index is 2160. The SMILES string of the molecule is CCc1cc(Br)cc2c(C(=O)OCC(=O)c3ccc(-c4ccccc4)cc3)cc(-c3ccc(N4C(=O)C5C6C=CC(C6)C5C4=O)cc3)nc12. The van der Waals surface area contributed by atoms with Crippen LogP contribution in [-0.4, -0.2) is 35.2 Å². The molecular formula is C41H31BrN2O5. The first-order valence-electron chi connectivity index (χ1n) is 16.5. The Morgan fingerprint density at radius 1 is 0.816 bits per heavy atom. The molecule has 2 amide bonds. The molecule has 0 spiro atoms. The molecule has 3 aliphatic rings. The number of aromatic nitrogens is 1. The summed E-state index contributed by atoms with van der Waals surface area (Å²) < 4.78 is 6.42. The minimum absolute atomic E-state index is 0.131. The maximum atomic E-state index is 13.7. The van der Waals surface area contributed by atoms with E-state index in [-0.39, 0.29) is 46.8 Å². The van der Waals surface area contributed by atoms with Crippen LogP contribution in [0.3, 0.4) is 0 Å². The Labute approximate surface area is 291 Å². The number of ether oxygens (including phenoxy) is 1. The van der Waals surface area contributed by atoms with Crippen molar-refractivity contribution in [1.82, 2.24) is 4.98 Å². The van der Waals surface area contributed by atoms with E-state index in [0.29, 0.717) is 39.8 Å². The lowest BCUT2D eigenvalue weighted by molar-refractivity contribution is -0.123. The number of ketones is 1. The van der Waals surface area contributed by atoms with Crippen LogP contribution >= 0.6 is 15.9 Å². The molecule has 5 aromatic rings. The van der Waals surface area contributed by atoms with Crippen LogP contribution in [0, 0.1) is 23.7 Å². The summed E-state index contributed by atoms with van der Waals surface area (Å²) in [7, 11) is 0. The number of allylic oxidation sites excluding steroid dienone is 2. The Morgan fingerprint density at radius 2 is 1.45 bits per heavy atom. The van der Waals surface area contributed by atoms with Crippen molar-refractivity contribution < 1.29 is 23.9 Å². The zero-order valence-electron chi connectivity index (χ0n) is 26.6. The van der Waals surface area contributed by atoms with Gasteiger partial charge >= 0.3 is 5.97 Å². The zero-order valence-corrected chi connectivity index (χ0v) is 28.2. The molecular weight excluding hydrogens is 680 g/mol. The molecule has 2 aliphatic carbocycles. The van der Waals surface area contributed by atoms with Crippen molar-refractivity contribution in [2.75, 3.05) is 11.5 Å². The van der Waals surface area contributed by atoms with E-state index in [4.69, 9.17) is 9.72 Å². The van der Waals surface area contributed by atoms with Gasteiger partial charge in [0, 0.05) is 21.0 Å². The molecule has 1 aliphatic heterocycles. The molecule has 7 nitrogen and oxygen atoms in total. The molecule has 8 heteroatoms. The molecule has 1 saturated carbocycles. The maximum Gasteiger partial charge on any atom is 0.339 e. The number of imide groups is 1. The number of esters is 1. The average molecular weight is 712 g/mol. The van der Waals surface area contributed by atoms with Gasteiger partial charge in [-0.3, -0.25) is 19.3 Å². The lowest BCUT2D eigenvalue weighted by Gasteiger charge is -2.18. The number of hydrogen-bond acceptors (Lipinski definition) is 6. The van der Waals surface area contributed by atoms with E-state index in [1.807, 2.05) is 73.7 Å². The lowest BCUT2D eigenvalue weighted by atomic mass is 9.85. The van der Waals surface area contributed by atoms with E-state index in [1.54, 1.807) is 30.3 Å². The smallest absolute Gasteiger partial charge is 0.339 e. The molecule has 0 radical (unpaired) electrons. The largest absolute Gasteiger partial charge is 0.454 e. The third kappa shape index (κ3) is 5.40. The summed E-state index contributed by atoms with van der Waals surface area (Å²) in [4.78, 5) is 59.8. The van der Waals surface area contributed by atoms with Crippen molar-refractivity contribution in [3.63, 3.8) is 0 Å². The second-order valence-corrected chi connectivity index (χ2v) is 13.8. The molecule has 1 aromatic heterocycles. The van der Waals surface area contributed by atoms with E-state index < -0.39 is 12.6 Å². The van der Waals surface area contributed by atoms with Gasteiger partial charge in [0.15, 0.2) is 12.4 Å². The van der Waals surface area contributed by atoms with E-state index in [9.17, 15) is 19.2 Å². The van der Waals surface area contributed by atoms with Gasteiger partial charge in [-0.15, -0.1) is 0 Å². The molecule has 2 bridgehead atoms. The Kier molecular flexibility index (Phi) is 7.83. The molecule has 8 rings (SSSR count). The van der Waals surface area contributed by atoms with Crippen LogP contribution < -0.4 is 4.90 Å². The number of aryl methyl sites for hydroxylation is 1. The number of amides is 2. The summed E-state index contributed by atoms with van der Waals surface area (Å²) in [5.41, 5.74) is 6.13. The number of Topliss-reactive ketones (excluding diaryl/α,β-unsaturated/α-hetero) is 1. The predicted octanol–water partition coefficient (Wildman–Crippen LogP) is 8.24. The predicted molar refractivity (Wildman–Crippen MR) is 191 cm³/mol. The van der Waals surface area contributed by atoms with Crippen molar-refractivity contribution in [2.24, 2.45) is 23.7 Å². The quantitative estimate of drug-likeness (QED) is 0.0697. The van der Waals surface area contributed by atoms with Gasteiger partial charge in [-0.2, -0.15) is 0 Å². The Hall–Kier alpha value is -5.21. The van der Waals surface area contributed by atoms with Crippen molar-refractivity contribution in [1.29, 1.82) is 0 Å². The summed E-state index contributed by atoms with van der Waals surface area (Å²) in [5, 5.41) is 0.610. The van der Waals surface area contributed by atoms with Crippen LogP contribution in [0.2, 0.25) is 0 Å². The number of carbonyl (C=O) groups excluding carboxylic acids is 4. The fourth-order valence-corrected chi connectivity index (χ4v) is 8.16. The number of carbonyl (C=O) groups is 4. The van der Waals surface area contributed by atoms with E-state index >= 15 is 0 Å². The minimum atomic E-state index is -0.636. The second-order valence-electron chi connectivity index (χ2n) is 12.9. The summed E-state index contributed by atoms with van der Waals surface area (Å²) in [6, 6.07) is 29.7. The third-order valence-corrected chi connectivity index (χ3v) is 10.6. The third-order valence-electron chi connectivity index (χ3n) is 10.1. The summed E-state index contributed by atoms with van der Waals surface area (Å²) in [6.45, 7) is 1.61. The van der Waals surface area contributed by atoms with Crippen molar-refractivity contribution in [3.8, 4) is 22.4 Å². The van der Waals surface area contributed by atoms with Crippen LogP contribution in [0.5, 0.6) is 0 Å². The van der Waals surface area contributed by atoms with Crippen LogP contribution in [0.15, 0.2) is 114 Å². The molecule has 4 aromatic carbocycles. The number of fused-ring (bicyclic) bond motifs is 6. The van der Waals surface area contributed by atoms with Gasteiger partial charge < -0.3 is 4.74 Å². The summed E-state index contributed by atoms with van der Waals surface area (Å²) in [5.74, 6) is -1.48. The fourth-order valence-electron chi connectivity index (χ4n) is 7.66. The molecule has 2 heterocycles. The van der Waals surface area contributed by atoms with Crippen LogP contribution in [0.25, 0.3) is 33.3 Å². The molecule has 49 heavy (non-hydrogen) atoms. The van der Waals surface area contributed by atoms with Gasteiger partial charge in [0.05, 0.1) is 34.3 Å². The van der Waals surface area contributed by atoms with Gasteiger partial charge in [0.2, 0.25) is 11.8 Å². The highest BCUT2D eigenvalue weighted by Gasteiger charge is 2.59. The number of rotatable bonds is 8. The molecule has 4 unspecified atom stereocenters. The molecule has 242 valence electrons. The average Bonchev–Trinajstić information content (AvgIpc) is 3.83. The highest BCUT2D eigenvalue weighted by Crippen LogP contribution is 2.53. The van der Waals surface area contributed by atoms with E-state index in [1.165, 1.54) is 4.90 Å². The molecule has 4 atom stereocenters. The minimum Gasteiger partial charge on any atom is -0.454 e.